The van der Waals surface area contributed by atoms with E-state index in [1.165, 1.54) is 12.5 Å². The first-order chi connectivity index (χ1) is 14.9. The van der Waals surface area contributed by atoms with Gasteiger partial charge < -0.3 is 10.6 Å². The number of aryl methyl sites for hydroxylation is 1. The molecule has 4 rings (SSSR count). The van der Waals surface area contributed by atoms with Gasteiger partial charge in [-0.25, -0.2) is 18.4 Å². The summed E-state index contributed by atoms with van der Waals surface area (Å²) in [6, 6.07) is 11.0. The van der Waals surface area contributed by atoms with Crippen LogP contribution in [0.2, 0.25) is 5.02 Å². The van der Waals surface area contributed by atoms with Gasteiger partial charge in [-0.2, -0.15) is 0 Å². The molecule has 2 aromatic carbocycles. The standard InChI is InChI=1S/C23H23ClN4O3S/c1-13-5-7-16(9-15(13)12-32(4,30)31)26-22-25-11-19(24)20(27-22)14-6-8-17-18(10-14)23(2,3)28-21(17)29/h5-11H,12H2,1-4H3,(H,28,29)(H,25,26,27). The quantitative estimate of drug-likeness (QED) is 0.574. The molecule has 0 saturated heterocycles. The molecule has 1 amide bonds. The van der Waals surface area contributed by atoms with Crippen molar-refractivity contribution in [1.82, 2.24) is 15.3 Å². The third-order valence-electron chi connectivity index (χ3n) is 5.40. The number of carbonyl (C=O) groups excluding carboxylic acids is 1. The zero-order valence-corrected chi connectivity index (χ0v) is 19.7. The average Bonchev–Trinajstić information content (AvgIpc) is 2.93. The van der Waals surface area contributed by atoms with E-state index in [9.17, 15) is 13.2 Å². The lowest BCUT2D eigenvalue weighted by atomic mass is 9.92. The van der Waals surface area contributed by atoms with Crippen LogP contribution in [0, 0.1) is 6.92 Å². The number of aromatic nitrogens is 2. The Kier molecular flexibility index (Phi) is 5.46. The number of fused-ring (bicyclic) bond motifs is 1. The van der Waals surface area contributed by atoms with Crippen LogP contribution in [-0.4, -0.2) is 30.5 Å². The first kappa shape index (κ1) is 22.2. The normalized spacial score (nSPS) is 14.7. The van der Waals surface area contributed by atoms with Crippen molar-refractivity contribution in [3.05, 3.63) is 69.9 Å². The van der Waals surface area contributed by atoms with Gasteiger partial charge in [0.05, 0.1) is 28.2 Å². The Morgan fingerprint density at radius 1 is 1.16 bits per heavy atom. The van der Waals surface area contributed by atoms with Gasteiger partial charge in [0.15, 0.2) is 9.84 Å². The fraction of sp³-hybridized carbons (Fsp3) is 0.261. The molecule has 166 valence electrons. The summed E-state index contributed by atoms with van der Waals surface area (Å²) < 4.78 is 23.4. The topological polar surface area (TPSA) is 101 Å². The number of carbonyl (C=O) groups is 1. The number of amides is 1. The van der Waals surface area contributed by atoms with Crippen LogP contribution in [0.25, 0.3) is 11.3 Å². The number of halogens is 1. The number of hydrogen-bond acceptors (Lipinski definition) is 6. The van der Waals surface area contributed by atoms with Crippen molar-refractivity contribution in [3.8, 4) is 11.3 Å². The number of sulfone groups is 1. The highest BCUT2D eigenvalue weighted by molar-refractivity contribution is 7.89. The lowest BCUT2D eigenvalue weighted by Crippen LogP contribution is -2.32. The molecule has 0 fully saturated rings. The summed E-state index contributed by atoms with van der Waals surface area (Å²) in [6.07, 6.45) is 2.72. The van der Waals surface area contributed by atoms with Gasteiger partial charge in [0.2, 0.25) is 5.95 Å². The minimum Gasteiger partial charge on any atom is -0.343 e. The largest absolute Gasteiger partial charge is 0.343 e. The summed E-state index contributed by atoms with van der Waals surface area (Å²) in [5.41, 5.74) is 4.62. The molecule has 0 aliphatic carbocycles. The van der Waals surface area contributed by atoms with E-state index in [1.807, 2.05) is 45.0 Å². The van der Waals surface area contributed by atoms with Crippen LogP contribution in [0.1, 0.15) is 40.9 Å². The molecular weight excluding hydrogens is 448 g/mol. The molecule has 0 atom stereocenters. The van der Waals surface area contributed by atoms with Crippen LogP contribution in [0.15, 0.2) is 42.6 Å². The molecule has 0 spiro atoms. The number of nitrogens with one attached hydrogen (secondary N) is 2. The van der Waals surface area contributed by atoms with Crippen molar-refractivity contribution in [2.75, 3.05) is 11.6 Å². The molecular formula is C23H23ClN4O3S. The van der Waals surface area contributed by atoms with Crippen LogP contribution >= 0.6 is 11.6 Å². The van der Waals surface area contributed by atoms with Crippen molar-refractivity contribution >= 4 is 39.0 Å². The SMILES string of the molecule is Cc1ccc(Nc2ncc(Cl)c(-c3ccc4c(c3)C(C)(C)NC4=O)n2)cc1CS(C)(=O)=O. The molecule has 0 radical (unpaired) electrons. The fourth-order valence-electron chi connectivity index (χ4n) is 3.77. The Bertz CT molecular complexity index is 1350. The van der Waals surface area contributed by atoms with Crippen molar-refractivity contribution < 1.29 is 13.2 Å². The third kappa shape index (κ3) is 4.47. The van der Waals surface area contributed by atoms with E-state index in [0.717, 1.165) is 16.7 Å². The maximum Gasteiger partial charge on any atom is 0.252 e. The van der Waals surface area contributed by atoms with Gasteiger partial charge in [0, 0.05) is 23.1 Å². The number of benzene rings is 2. The predicted octanol–water partition coefficient (Wildman–Crippen LogP) is 4.37. The summed E-state index contributed by atoms with van der Waals surface area (Å²) in [4.78, 5) is 21.0. The number of rotatable bonds is 5. The highest BCUT2D eigenvalue weighted by Gasteiger charge is 2.35. The zero-order chi connectivity index (χ0) is 23.3. The van der Waals surface area contributed by atoms with Gasteiger partial charge in [0.1, 0.15) is 0 Å². The van der Waals surface area contributed by atoms with Crippen LogP contribution in [0.5, 0.6) is 0 Å². The molecule has 2 heterocycles. The molecule has 0 bridgehead atoms. The van der Waals surface area contributed by atoms with Crippen LogP contribution in [-0.2, 0) is 21.1 Å². The molecule has 1 aliphatic rings. The maximum atomic E-state index is 12.2. The second kappa shape index (κ2) is 7.86. The van der Waals surface area contributed by atoms with Crippen molar-refractivity contribution in [2.24, 2.45) is 0 Å². The van der Waals surface area contributed by atoms with E-state index in [1.54, 1.807) is 12.1 Å². The Morgan fingerprint density at radius 2 is 1.91 bits per heavy atom. The van der Waals surface area contributed by atoms with Gasteiger partial charge >= 0.3 is 0 Å². The Balaban J connectivity index is 1.68. The number of anilines is 2. The first-order valence-corrected chi connectivity index (χ1v) is 12.4. The first-order valence-electron chi connectivity index (χ1n) is 9.97. The molecule has 2 N–H and O–H groups in total. The smallest absolute Gasteiger partial charge is 0.252 e. The van der Waals surface area contributed by atoms with Crippen LogP contribution in [0.4, 0.5) is 11.6 Å². The number of hydrogen-bond donors (Lipinski definition) is 2. The fourth-order valence-corrected chi connectivity index (χ4v) is 4.85. The van der Waals surface area contributed by atoms with Crippen molar-refractivity contribution in [2.45, 2.75) is 32.1 Å². The third-order valence-corrected chi connectivity index (χ3v) is 6.52. The Hall–Kier alpha value is -2.97. The molecule has 3 aromatic rings. The van der Waals surface area contributed by atoms with E-state index in [2.05, 4.69) is 20.6 Å². The predicted molar refractivity (Wildman–Crippen MR) is 126 cm³/mol. The Morgan fingerprint density at radius 3 is 2.62 bits per heavy atom. The van der Waals surface area contributed by atoms with E-state index in [-0.39, 0.29) is 11.7 Å². The van der Waals surface area contributed by atoms with Gasteiger partial charge in [-0.1, -0.05) is 23.7 Å². The van der Waals surface area contributed by atoms with E-state index in [0.29, 0.717) is 33.5 Å². The van der Waals surface area contributed by atoms with E-state index in [4.69, 9.17) is 11.6 Å². The monoisotopic (exact) mass is 470 g/mol. The Labute approximate surface area is 192 Å². The molecule has 1 aliphatic heterocycles. The maximum absolute atomic E-state index is 12.2. The van der Waals surface area contributed by atoms with Crippen LogP contribution in [0.3, 0.4) is 0 Å². The average molecular weight is 471 g/mol. The summed E-state index contributed by atoms with van der Waals surface area (Å²) in [6.45, 7) is 5.76. The van der Waals surface area contributed by atoms with Gasteiger partial charge in [0.25, 0.3) is 5.91 Å². The lowest BCUT2D eigenvalue weighted by Gasteiger charge is -2.19. The molecule has 1 aromatic heterocycles. The molecule has 32 heavy (non-hydrogen) atoms. The van der Waals surface area contributed by atoms with Crippen LogP contribution < -0.4 is 10.6 Å². The summed E-state index contributed by atoms with van der Waals surface area (Å²) in [7, 11) is -3.16. The summed E-state index contributed by atoms with van der Waals surface area (Å²) in [5, 5.41) is 6.47. The van der Waals surface area contributed by atoms with E-state index >= 15 is 0 Å². The molecule has 0 unspecified atom stereocenters. The second-order valence-corrected chi connectivity index (χ2v) is 11.1. The van der Waals surface area contributed by atoms with Gasteiger partial charge in [-0.05, 0) is 61.7 Å². The highest BCUT2D eigenvalue weighted by atomic mass is 35.5. The minimum atomic E-state index is -3.16. The molecule has 9 heteroatoms. The van der Waals surface area contributed by atoms with E-state index < -0.39 is 15.4 Å². The summed E-state index contributed by atoms with van der Waals surface area (Å²) >= 11 is 6.40. The molecule has 7 nitrogen and oxygen atoms in total. The highest BCUT2D eigenvalue weighted by Crippen LogP contribution is 2.35. The van der Waals surface area contributed by atoms with Gasteiger partial charge in [-0.15, -0.1) is 0 Å². The summed E-state index contributed by atoms with van der Waals surface area (Å²) in [5.74, 6) is 0.183. The second-order valence-electron chi connectivity index (χ2n) is 8.57. The zero-order valence-electron chi connectivity index (χ0n) is 18.2. The van der Waals surface area contributed by atoms with Gasteiger partial charge in [-0.3, -0.25) is 4.79 Å². The van der Waals surface area contributed by atoms with Crippen molar-refractivity contribution in [3.63, 3.8) is 0 Å². The lowest BCUT2D eigenvalue weighted by molar-refractivity contribution is 0.0940. The minimum absolute atomic E-state index is 0.0429. The van der Waals surface area contributed by atoms with Crippen molar-refractivity contribution in [1.29, 1.82) is 0 Å². The molecule has 0 saturated carbocycles. The number of nitrogens with zero attached hydrogens (tertiary/aromatic N) is 2.